The fourth-order valence-corrected chi connectivity index (χ4v) is 0.889. The topological polar surface area (TPSA) is 61.7 Å². The second kappa shape index (κ2) is 3.12. The average molecular weight is 133 g/mol. The first-order valence-electron chi connectivity index (χ1n) is 3.04. The summed E-state index contributed by atoms with van der Waals surface area (Å²) >= 11 is 0. The summed E-state index contributed by atoms with van der Waals surface area (Å²) in [5.41, 5.74) is 1.88. The molecule has 1 aliphatic rings. The second-order valence-electron chi connectivity index (χ2n) is 2.13. The molecule has 1 rings (SSSR count). The van der Waals surface area contributed by atoms with Crippen LogP contribution in [0.5, 0.6) is 0 Å². The lowest BCUT2D eigenvalue weighted by Crippen LogP contribution is -2.43. The highest BCUT2D eigenvalue weighted by atomic mass is 16.6. The molecule has 1 aliphatic heterocycles. The lowest BCUT2D eigenvalue weighted by Gasteiger charge is -2.26. The number of hydrogen-bond donors (Lipinski definition) is 3. The summed E-state index contributed by atoms with van der Waals surface area (Å²) in [6.45, 7) is 0.606. The Labute approximate surface area is 53.4 Å². The van der Waals surface area contributed by atoms with Crippen LogP contribution in [0.15, 0.2) is 0 Å². The largest absolute Gasteiger partial charge is 0.389 e. The molecule has 0 amide bonds. The summed E-state index contributed by atoms with van der Waals surface area (Å²) in [5.74, 6) is 0. The van der Waals surface area contributed by atoms with Crippen LogP contribution < -0.4 is 5.48 Å². The second-order valence-corrected chi connectivity index (χ2v) is 2.13. The summed E-state index contributed by atoms with van der Waals surface area (Å²) in [5, 5.41) is 17.3. The number of hydrogen-bond acceptors (Lipinski definition) is 4. The van der Waals surface area contributed by atoms with Crippen molar-refractivity contribution < 1.29 is 15.1 Å². The fourth-order valence-electron chi connectivity index (χ4n) is 0.889. The first-order chi connectivity index (χ1) is 4.34. The number of aliphatic hydroxyl groups excluding tert-OH is 1. The van der Waals surface area contributed by atoms with E-state index in [9.17, 15) is 0 Å². The van der Waals surface area contributed by atoms with Gasteiger partial charge in [-0.25, -0.2) is 0 Å². The Morgan fingerprint density at radius 3 is 2.78 bits per heavy atom. The van der Waals surface area contributed by atoms with Gasteiger partial charge in [0.05, 0.1) is 6.10 Å². The van der Waals surface area contributed by atoms with Gasteiger partial charge in [-0.15, -0.1) is 0 Å². The normalized spacial score (nSPS) is 36.7. The van der Waals surface area contributed by atoms with E-state index in [4.69, 9.17) is 15.1 Å². The van der Waals surface area contributed by atoms with Gasteiger partial charge in [0.1, 0.15) is 0 Å². The minimum Gasteiger partial charge on any atom is -0.389 e. The van der Waals surface area contributed by atoms with Crippen LogP contribution in [0.1, 0.15) is 12.8 Å². The lowest BCUT2D eigenvalue weighted by atomic mass is 10.1. The van der Waals surface area contributed by atoms with Gasteiger partial charge in [0.2, 0.25) is 0 Å². The van der Waals surface area contributed by atoms with E-state index in [1.165, 1.54) is 0 Å². The summed E-state index contributed by atoms with van der Waals surface area (Å²) in [6.07, 6.45) is 0.403. The van der Waals surface area contributed by atoms with Crippen molar-refractivity contribution in [3.63, 3.8) is 0 Å². The Bertz CT molecular complexity index is 88.3. The molecular formula is C5H11NO3. The Morgan fingerprint density at radius 1 is 1.56 bits per heavy atom. The zero-order chi connectivity index (χ0) is 6.69. The maximum atomic E-state index is 9.02. The molecule has 0 aromatic heterocycles. The maximum absolute atomic E-state index is 9.02. The highest BCUT2D eigenvalue weighted by Gasteiger charge is 2.22. The van der Waals surface area contributed by atoms with Crippen molar-refractivity contribution in [2.24, 2.45) is 0 Å². The van der Waals surface area contributed by atoms with Crippen LogP contribution in [0.3, 0.4) is 0 Å². The molecule has 0 aliphatic carbocycles. The standard InChI is InChI=1S/C5H11NO3/c7-4-2-1-3-9-5(4)6-8/h4-8H,1-3H2. The van der Waals surface area contributed by atoms with Crippen molar-refractivity contribution in [1.29, 1.82) is 0 Å². The van der Waals surface area contributed by atoms with Crippen LogP contribution in [0.2, 0.25) is 0 Å². The number of aliphatic hydroxyl groups is 1. The molecule has 1 heterocycles. The van der Waals surface area contributed by atoms with Gasteiger partial charge < -0.3 is 15.1 Å². The molecule has 3 N–H and O–H groups in total. The highest BCUT2D eigenvalue weighted by molar-refractivity contribution is 4.67. The summed E-state index contributed by atoms with van der Waals surface area (Å²) in [6, 6.07) is 0. The van der Waals surface area contributed by atoms with Crippen molar-refractivity contribution in [3.8, 4) is 0 Å². The minimum absolute atomic E-state index is 0.566. The van der Waals surface area contributed by atoms with Crippen LogP contribution in [0.25, 0.3) is 0 Å². The highest BCUT2D eigenvalue weighted by Crippen LogP contribution is 2.10. The third-order valence-electron chi connectivity index (χ3n) is 1.42. The van der Waals surface area contributed by atoms with E-state index < -0.39 is 12.3 Å². The van der Waals surface area contributed by atoms with Crippen molar-refractivity contribution in [2.45, 2.75) is 25.2 Å². The number of ether oxygens (including phenoxy) is 1. The van der Waals surface area contributed by atoms with Gasteiger partial charge >= 0.3 is 0 Å². The Morgan fingerprint density at radius 2 is 2.33 bits per heavy atom. The minimum atomic E-state index is -0.584. The maximum Gasteiger partial charge on any atom is 0.155 e. The molecule has 0 aromatic carbocycles. The van der Waals surface area contributed by atoms with Crippen LogP contribution in [-0.4, -0.2) is 29.3 Å². The van der Waals surface area contributed by atoms with Crippen LogP contribution in [-0.2, 0) is 4.74 Å². The molecule has 1 fully saturated rings. The summed E-state index contributed by atoms with van der Waals surface area (Å²) in [7, 11) is 0. The van der Waals surface area contributed by atoms with E-state index >= 15 is 0 Å². The van der Waals surface area contributed by atoms with Crippen LogP contribution in [0, 0.1) is 0 Å². The average Bonchev–Trinajstić information content (AvgIpc) is 1.89. The van der Waals surface area contributed by atoms with Crippen LogP contribution >= 0.6 is 0 Å². The van der Waals surface area contributed by atoms with Gasteiger partial charge in [-0.3, -0.25) is 0 Å². The molecule has 9 heavy (non-hydrogen) atoms. The monoisotopic (exact) mass is 133 g/mol. The molecule has 4 nitrogen and oxygen atoms in total. The van der Waals surface area contributed by atoms with Gasteiger partial charge in [-0.2, -0.15) is 5.48 Å². The SMILES string of the molecule is ONC1OCCCC1O. The zero-order valence-corrected chi connectivity index (χ0v) is 5.08. The molecular weight excluding hydrogens is 122 g/mol. The quantitative estimate of drug-likeness (QED) is 0.420. The van der Waals surface area contributed by atoms with Crippen LogP contribution in [0.4, 0.5) is 0 Å². The van der Waals surface area contributed by atoms with E-state index in [1.807, 2.05) is 5.48 Å². The summed E-state index contributed by atoms with van der Waals surface area (Å²) in [4.78, 5) is 0. The van der Waals surface area contributed by atoms with Gasteiger partial charge in [-0.05, 0) is 12.8 Å². The molecule has 2 atom stereocenters. The third kappa shape index (κ3) is 1.62. The van der Waals surface area contributed by atoms with E-state index in [0.29, 0.717) is 13.0 Å². The van der Waals surface area contributed by atoms with Gasteiger partial charge in [-0.1, -0.05) is 0 Å². The first kappa shape index (κ1) is 6.95. The van der Waals surface area contributed by atoms with E-state index in [-0.39, 0.29) is 0 Å². The molecule has 2 unspecified atom stereocenters. The van der Waals surface area contributed by atoms with Gasteiger partial charge in [0.25, 0.3) is 0 Å². The number of hydroxylamine groups is 1. The van der Waals surface area contributed by atoms with Crippen molar-refractivity contribution in [3.05, 3.63) is 0 Å². The predicted molar refractivity (Wildman–Crippen MR) is 29.9 cm³/mol. The van der Waals surface area contributed by atoms with Gasteiger partial charge in [0.15, 0.2) is 6.23 Å². The smallest absolute Gasteiger partial charge is 0.155 e. The Hall–Kier alpha value is -0.160. The third-order valence-corrected chi connectivity index (χ3v) is 1.42. The molecule has 54 valence electrons. The van der Waals surface area contributed by atoms with Crippen molar-refractivity contribution in [2.75, 3.05) is 6.61 Å². The Kier molecular flexibility index (Phi) is 2.41. The van der Waals surface area contributed by atoms with E-state index in [2.05, 4.69) is 0 Å². The van der Waals surface area contributed by atoms with E-state index in [1.54, 1.807) is 0 Å². The first-order valence-corrected chi connectivity index (χ1v) is 3.04. The van der Waals surface area contributed by atoms with Crippen molar-refractivity contribution >= 4 is 0 Å². The summed E-state index contributed by atoms with van der Waals surface area (Å²) < 4.78 is 4.93. The lowest BCUT2D eigenvalue weighted by molar-refractivity contribution is -0.137. The molecule has 0 saturated carbocycles. The molecule has 0 bridgehead atoms. The Balaban J connectivity index is 2.30. The predicted octanol–water partition coefficient (Wildman–Crippen LogP) is -0.537. The molecule has 0 spiro atoms. The number of nitrogens with one attached hydrogen (secondary N) is 1. The molecule has 4 heteroatoms. The zero-order valence-electron chi connectivity index (χ0n) is 5.08. The van der Waals surface area contributed by atoms with Gasteiger partial charge in [0, 0.05) is 6.61 Å². The number of rotatable bonds is 1. The van der Waals surface area contributed by atoms with E-state index in [0.717, 1.165) is 6.42 Å². The molecule has 0 aromatic rings. The van der Waals surface area contributed by atoms with Crippen molar-refractivity contribution in [1.82, 2.24) is 5.48 Å². The molecule has 1 saturated heterocycles. The fraction of sp³-hybridized carbons (Fsp3) is 1.00. The molecule has 0 radical (unpaired) electrons.